The molecule has 0 saturated carbocycles. The van der Waals surface area contributed by atoms with Gasteiger partial charge in [0, 0.05) is 11.8 Å². The average Bonchev–Trinajstić information content (AvgIpc) is 3.08. The number of nitrogens with zero attached hydrogens (tertiary/aromatic N) is 5. The monoisotopic (exact) mass is 357 g/mol. The molecule has 0 saturated heterocycles. The minimum Gasteiger partial charge on any atom is -0.368 e. The van der Waals surface area contributed by atoms with Gasteiger partial charge in [-0.15, -0.1) is 0 Å². The predicted octanol–water partition coefficient (Wildman–Crippen LogP) is 3.05. The van der Waals surface area contributed by atoms with Crippen LogP contribution in [0.25, 0.3) is 27.9 Å². The van der Waals surface area contributed by atoms with Gasteiger partial charge in [0.15, 0.2) is 10.3 Å². The maximum atomic E-state index is 13.5. The van der Waals surface area contributed by atoms with Crippen LogP contribution >= 0.6 is 12.2 Å². The Bertz CT molecular complexity index is 1150. The summed E-state index contributed by atoms with van der Waals surface area (Å²) in [6.07, 6.45) is 0.828. The van der Waals surface area contributed by atoms with E-state index >= 15 is 0 Å². The van der Waals surface area contributed by atoms with Crippen molar-refractivity contribution in [2.24, 2.45) is 0 Å². The van der Waals surface area contributed by atoms with Gasteiger partial charge in [-0.3, -0.25) is 9.61 Å². The highest BCUT2D eigenvalue weighted by atomic mass is 32.1. The number of alkyl halides is 1. The van der Waals surface area contributed by atoms with Crippen LogP contribution < -0.4 is 5.73 Å². The first-order valence-electron chi connectivity index (χ1n) is 7.79. The van der Waals surface area contributed by atoms with E-state index < -0.39 is 6.17 Å². The quantitative estimate of drug-likeness (QED) is 0.550. The summed E-state index contributed by atoms with van der Waals surface area (Å²) in [4.78, 5) is 13.3. The fourth-order valence-electron chi connectivity index (χ4n) is 3.00. The molecule has 4 heterocycles. The first-order valence-corrected chi connectivity index (χ1v) is 8.20. The molecule has 3 N–H and O–H groups in total. The van der Waals surface area contributed by atoms with Gasteiger partial charge in [-0.05, 0) is 32.0 Å². The Kier molecular flexibility index (Phi) is 3.53. The number of aromatic amines is 1. The number of aromatic nitrogens is 6. The van der Waals surface area contributed by atoms with Gasteiger partial charge >= 0.3 is 0 Å². The Balaban J connectivity index is 1.95. The average molecular weight is 357 g/mol. The number of pyridine rings is 1. The molecule has 0 spiro atoms. The topological polar surface area (TPSA) is 89.8 Å². The van der Waals surface area contributed by atoms with E-state index in [2.05, 4.69) is 15.1 Å². The highest BCUT2D eigenvalue weighted by Crippen LogP contribution is 2.27. The molecule has 0 amide bonds. The zero-order chi connectivity index (χ0) is 17.7. The Labute approximate surface area is 147 Å². The van der Waals surface area contributed by atoms with Crippen molar-refractivity contribution in [3.63, 3.8) is 0 Å². The smallest absolute Gasteiger partial charge is 0.214 e. The fourth-order valence-corrected chi connectivity index (χ4v) is 3.30. The van der Waals surface area contributed by atoms with Crippen molar-refractivity contribution < 1.29 is 4.39 Å². The summed E-state index contributed by atoms with van der Waals surface area (Å²) >= 11 is 5.34. The largest absolute Gasteiger partial charge is 0.368 e. The van der Waals surface area contributed by atoms with Gasteiger partial charge in [-0.1, -0.05) is 12.2 Å². The number of aryl methyl sites for hydroxylation is 1. The lowest BCUT2D eigenvalue weighted by molar-refractivity contribution is 0.321. The van der Waals surface area contributed by atoms with E-state index in [0.717, 1.165) is 22.4 Å². The van der Waals surface area contributed by atoms with Gasteiger partial charge in [0.05, 0.1) is 12.2 Å². The lowest BCUT2D eigenvalue weighted by Gasteiger charge is -2.07. The summed E-state index contributed by atoms with van der Waals surface area (Å²) in [7, 11) is 0. The minimum atomic E-state index is -0.988. The molecular weight excluding hydrogens is 341 g/mol. The molecule has 4 aromatic rings. The van der Waals surface area contributed by atoms with E-state index in [1.807, 2.05) is 31.3 Å². The molecule has 7 nitrogen and oxygen atoms in total. The second kappa shape index (κ2) is 5.62. The van der Waals surface area contributed by atoms with Gasteiger partial charge in [-0.2, -0.15) is 0 Å². The molecule has 0 fully saturated rings. The molecular formula is C16H16FN7S. The van der Waals surface area contributed by atoms with Crippen molar-refractivity contribution in [3.05, 3.63) is 34.9 Å². The van der Waals surface area contributed by atoms with E-state index in [4.69, 9.17) is 22.9 Å². The molecule has 25 heavy (non-hydrogen) atoms. The van der Waals surface area contributed by atoms with Crippen molar-refractivity contribution in [1.82, 2.24) is 29.1 Å². The minimum absolute atomic E-state index is 0.216. The van der Waals surface area contributed by atoms with Crippen molar-refractivity contribution in [1.29, 1.82) is 0 Å². The standard InChI is InChI=1S/C16H16FN7S/c1-8(17)7-23-9(2)19-12-4-3-11(20-14(12)23)10-5-6-24-13(10)15(25)21-16(18)22-24/h3-6,8H,7H2,1-2H3,(H3,18,21,22,25). The first kappa shape index (κ1) is 15.7. The normalized spacial score (nSPS) is 12.9. The molecule has 0 aromatic carbocycles. The van der Waals surface area contributed by atoms with Crippen LogP contribution in [-0.4, -0.2) is 35.3 Å². The number of fused-ring (bicyclic) bond motifs is 2. The zero-order valence-electron chi connectivity index (χ0n) is 13.7. The summed E-state index contributed by atoms with van der Waals surface area (Å²) in [5.41, 5.74) is 9.35. The molecule has 128 valence electrons. The van der Waals surface area contributed by atoms with Crippen LogP contribution in [0.1, 0.15) is 12.7 Å². The Morgan fingerprint density at radius 1 is 1.28 bits per heavy atom. The van der Waals surface area contributed by atoms with Crippen LogP contribution in [0.3, 0.4) is 0 Å². The molecule has 0 bridgehead atoms. The Morgan fingerprint density at radius 3 is 2.84 bits per heavy atom. The maximum absolute atomic E-state index is 13.5. The highest BCUT2D eigenvalue weighted by molar-refractivity contribution is 7.71. The fraction of sp³-hybridized carbons (Fsp3) is 0.250. The van der Waals surface area contributed by atoms with E-state index in [-0.39, 0.29) is 12.5 Å². The Hall–Kier alpha value is -2.81. The van der Waals surface area contributed by atoms with E-state index in [1.165, 1.54) is 6.92 Å². The molecule has 0 radical (unpaired) electrons. The van der Waals surface area contributed by atoms with Gasteiger partial charge in [0.2, 0.25) is 5.95 Å². The SMILES string of the molecule is Cc1nc2ccc(-c3ccn4[nH]c(N)nc(=S)c34)nc2n1CC(C)F. The number of hydrogen-bond donors (Lipinski definition) is 2. The van der Waals surface area contributed by atoms with Crippen molar-refractivity contribution in [2.75, 3.05) is 5.73 Å². The summed E-state index contributed by atoms with van der Waals surface area (Å²) in [5, 5.41) is 2.92. The molecule has 0 aliphatic rings. The van der Waals surface area contributed by atoms with Gasteiger partial charge in [0.25, 0.3) is 0 Å². The molecule has 9 heteroatoms. The van der Waals surface area contributed by atoms with Crippen LogP contribution in [0.4, 0.5) is 10.3 Å². The second-order valence-electron chi connectivity index (χ2n) is 5.95. The van der Waals surface area contributed by atoms with E-state index in [1.54, 1.807) is 9.08 Å². The van der Waals surface area contributed by atoms with Crippen LogP contribution in [0.15, 0.2) is 24.4 Å². The molecule has 1 unspecified atom stereocenters. The van der Waals surface area contributed by atoms with Gasteiger partial charge < -0.3 is 10.3 Å². The Morgan fingerprint density at radius 2 is 2.08 bits per heavy atom. The lowest BCUT2D eigenvalue weighted by atomic mass is 10.2. The number of imidazole rings is 1. The lowest BCUT2D eigenvalue weighted by Crippen LogP contribution is -2.09. The number of hydrogen-bond acceptors (Lipinski definition) is 5. The van der Waals surface area contributed by atoms with Crippen LogP contribution in [0, 0.1) is 11.6 Å². The highest BCUT2D eigenvalue weighted by Gasteiger charge is 2.15. The number of anilines is 1. The zero-order valence-corrected chi connectivity index (χ0v) is 14.5. The second-order valence-corrected chi connectivity index (χ2v) is 6.34. The number of nitrogens with two attached hydrogens (primary N) is 1. The van der Waals surface area contributed by atoms with Crippen LogP contribution in [0.2, 0.25) is 0 Å². The molecule has 0 aliphatic heterocycles. The third-order valence-electron chi connectivity index (χ3n) is 4.04. The molecule has 0 aliphatic carbocycles. The van der Waals surface area contributed by atoms with Crippen LogP contribution in [0.5, 0.6) is 0 Å². The van der Waals surface area contributed by atoms with Gasteiger partial charge in [0.1, 0.15) is 23.0 Å². The number of H-pyrrole nitrogens is 1. The van der Waals surface area contributed by atoms with E-state index in [9.17, 15) is 4.39 Å². The van der Waals surface area contributed by atoms with Gasteiger partial charge in [-0.25, -0.2) is 19.3 Å². The molecule has 4 aromatic heterocycles. The third-order valence-corrected chi connectivity index (χ3v) is 4.32. The number of nitrogen functional groups attached to an aromatic ring is 1. The predicted molar refractivity (Wildman–Crippen MR) is 96.6 cm³/mol. The summed E-state index contributed by atoms with van der Waals surface area (Å²) in [5.74, 6) is 0.978. The molecule has 1 atom stereocenters. The maximum Gasteiger partial charge on any atom is 0.214 e. The van der Waals surface area contributed by atoms with Crippen LogP contribution in [-0.2, 0) is 6.54 Å². The number of nitrogens with one attached hydrogen (secondary N) is 1. The van der Waals surface area contributed by atoms with Crippen molar-refractivity contribution in [2.45, 2.75) is 26.6 Å². The number of rotatable bonds is 3. The summed E-state index contributed by atoms with van der Waals surface area (Å²) < 4.78 is 17.4. The van der Waals surface area contributed by atoms with E-state index in [0.29, 0.717) is 16.0 Å². The first-order chi connectivity index (χ1) is 11.9. The summed E-state index contributed by atoms with van der Waals surface area (Å²) in [6.45, 7) is 3.58. The van der Waals surface area contributed by atoms with Crippen molar-refractivity contribution in [3.8, 4) is 11.3 Å². The summed E-state index contributed by atoms with van der Waals surface area (Å²) in [6, 6.07) is 5.64. The number of halogens is 1. The third kappa shape index (κ3) is 2.56. The van der Waals surface area contributed by atoms with Crippen molar-refractivity contribution >= 4 is 34.8 Å². The molecule has 4 rings (SSSR count).